The molecule has 2 aromatic heterocycles. The third kappa shape index (κ3) is 5.19. The summed E-state index contributed by atoms with van der Waals surface area (Å²) in [6, 6.07) is 65.8. The molecule has 0 unspecified atom stereocenters. The number of para-hydroxylation sites is 1. The fourth-order valence-electron chi connectivity index (χ4n) is 8.16. The molecule has 0 aliphatic heterocycles. The van der Waals surface area contributed by atoms with Crippen molar-refractivity contribution < 1.29 is 4.42 Å². The van der Waals surface area contributed by atoms with Crippen LogP contribution in [0.15, 0.2) is 192 Å². The van der Waals surface area contributed by atoms with Crippen molar-refractivity contribution in [1.29, 1.82) is 0 Å². The van der Waals surface area contributed by atoms with Crippen molar-refractivity contribution in [2.24, 2.45) is 0 Å². The molecule has 0 saturated heterocycles. The monoisotopic (exact) mass is 701 g/mol. The normalized spacial score (nSPS) is 11.6. The Bertz CT molecular complexity index is 3270. The second kappa shape index (κ2) is 12.6. The molecule has 0 aliphatic carbocycles. The molecule has 0 radical (unpaired) electrons. The Morgan fingerprint density at radius 1 is 0.291 bits per heavy atom. The summed E-state index contributed by atoms with van der Waals surface area (Å²) in [5, 5.41) is 9.41. The van der Waals surface area contributed by atoms with E-state index in [9.17, 15) is 0 Å². The number of aromatic nitrogens is 3. The minimum Gasteiger partial charge on any atom is -0.456 e. The lowest BCUT2D eigenvalue weighted by Gasteiger charge is -2.15. The molecule has 0 aliphatic rings. The lowest BCUT2D eigenvalue weighted by molar-refractivity contribution is 0.669. The van der Waals surface area contributed by atoms with Gasteiger partial charge in [-0.15, -0.1) is 0 Å². The minimum absolute atomic E-state index is 0.589. The summed E-state index contributed by atoms with van der Waals surface area (Å²) in [7, 11) is 0. The van der Waals surface area contributed by atoms with Gasteiger partial charge in [-0.05, 0) is 72.8 Å². The van der Waals surface area contributed by atoms with Crippen molar-refractivity contribution in [1.82, 2.24) is 15.0 Å². The van der Waals surface area contributed by atoms with E-state index in [2.05, 4.69) is 146 Å². The summed E-state index contributed by atoms with van der Waals surface area (Å²) in [4.78, 5) is 15.9. The molecule has 0 bridgehead atoms. The maximum atomic E-state index is 6.32. The highest BCUT2D eigenvalue weighted by Crippen LogP contribution is 2.40. The van der Waals surface area contributed by atoms with E-state index >= 15 is 0 Å². The number of hydrogen-bond acceptors (Lipinski definition) is 4. The van der Waals surface area contributed by atoms with Gasteiger partial charge < -0.3 is 4.42 Å². The molecule has 0 saturated carbocycles. The molecule has 4 nitrogen and oxygen atoms in total. The summed E-state index contributed by atoms with van der Waals surface area (Å²) in [6.07, 6.45) is 0. The molecule has 11 aromatic rings. The van der Waals surface area contributed by atoms with Crippen molar-refractivity contribution in [3.63, 3.8) is 0 Å². The van der Waals surface area contributed by atoms with E-state index in [1.54, 1.807) is 0 Å². The second-order valence-corrected chi connectivity index (χ2v) is 13.9. The highest BCUT2D eigenvalue weighted by Gasteiger charge is 2.21. The van der Waals surface area contributed by atoms with Crippen LogP contribution in [0.25, 0.3) is 111 Å². The fourth-order valence-corrected chi connectivity index (χ4v) is 8.16. The van der Waals surface area contributed by atoms with E-state index in [0.29, 0.717) is 17.5 Å². The number of nitrogens with zero attached hydrogens (tertiary/aromatic N) is 3. The summed E-state index contributed by atoms with van der Waals surface area (Å²) in [5.74, 6) is 1.80. The lowest BCUT2D eigenvalue weighted by Crippen LogP contribution is -2.02. The Labute approximate surface area is 317 Å². The van der Waals surface area contributed by atoms with E-state index in [1.807, 2.05) is 42.5 Å². The first-order chi connectivity index (χ1) is 27.3. The van der Waals surface area contributed by atoms with E-state index in [0.717, 1.165) is 60.9 Å². The zero-order valence-electron chi connectivity index (χ0n) is 29.6. The van der Waals surface area contributed by atoms with Crippen LogP contribution < -0.4 is 0 Å². The Hall–Kier alpha value is -7.43. The molecule has 11 rings (SSSR count). The number of rotatable bonds is 5. The zero-order chi connectivity index (χ0) is 36.3. The average Bonchev–Trinajstić information content (AvgIpc) is 3.65. The quantitative estimate of drug-likeness (QED) is 0.168. The van der Waals surface area contributed by atoms with Gasteiger partial charge in [-0.2, -0.15) is 0 Å². The Kier molecular flexibility index (Phi) is 7.14. The molecule has 55 heavy (non-hydrogen) atoms. The molecule has 9 aromatic carbocycles. The van der Waals surface area contributed by atoms with Crippen LogP contribution in [-0.4, -0.2) is 15.0 Å². The highest BCUT2D eigenvalue weighted by atomic mass is 16.3. The van der Waals surface area contributed by atoms with Gasteiger partial charge in [0.25, 0.3) is 0 Å². The largest absolute Gasteiger partial charge is 0.456 e. The SMILES string of the molecule is c1ccc(-c2ccccc2-c2nc(-c3ccccc3-c3ccc4ccc5c6ccccc6ccc5c4c3)nc(-c3cccc4oc5ccccc5c34)n2)cc1. The molecule has 0 N–H and O–H groups in total. The van der Waals surface area contributed by atoms with E-state index in [1.165, 1.54) is 32.3 Å². The van der Waals surface area contributed by atoms with Crippen LogP contribution >= 0.6 is 0 Å². The first-order valence-corrected chi connectivity index (χ1v) is 18.5. The van der Waals surface area contributed by atoms with E-state index in [4.69, 9.17) is 19.4 Å². The molecular formula is C51H31N3O. The average molecular weight is 702 g/mol. The second-order valence-electron chi connectivity index (χ2n) is 13.9. The summed E-state index contributed by atoms with van der Waals surface area (Å²) in [5.41, 5.74) is 8.68. The van der Waals surface area contributed by atoms with Crippen LogP contribution in [0.2, 0.25) is 0 Å². The molecule has 2 heterocycles. The first kappa shape index (κ1) is 31.1. The standard InChI is InChI=1S/C51H31N3O/c1-2-13-32(14-3-1)37-17-6-8-19-41(37)49-52-50(54-51(53-49)44-22-12-24-47-48(44)43-21-10-11-23-46(43)55-47)42-20-9-7-18-38(42)35-26-25-34-28-29-39-36-16-5-4-15-33(36)27-30-40(39)45(34)31-35/h1-31H. The molecular weight excluding hydrogens is 671 g/mol. The van der Waals surface area contributed by atoms with Crippen LogP contribution in [0.3, 0.4) is 0 Å². The van der Waals surface area contributed by atoms with Gasteiger partial charge >= 0.3 is 0 Å². The van der Waals surface area contributed by atoms with Crippen LogP contribution in [0, 0.1) is 0 Å². The lowest BCUT2D eigenvalue weighted by atomic mass is 9.93. The van der Waals surface area contributed by atoms with Gasteiger partial charge in [0.1, 0.15) is 11.2 Å². The highest BCUT2D eigenvalue weighted by molar-refractivity contribution is 6.18. The predicted molar refractivity (Wildman–Crippen MR) is 227 cm³/mol. The topological polar surface area (TPSA) is 51.8 Å². The molecule has 0 spiro atoms. The van der Waals surface area contributed by atoms with Crippen molar-refractivity contribution >= 4 is 54.3 Å². The van der Waals surface area contributed by atoms with Crippen LogP contribution in [-0.2, 0) is 0 Å². The number of fused-ring (bicyclic) bond motifs is 8. The number of benzene rings is 9. The van der Waals surface area contributed by atoms with E-state index in [-0.39, 0.29) is 0 Å². The summed E-state index contributed by atoms with van der Waals surface area (Å²) in [6.45, 7) is 0. The van der Waals surface area contributed by atoms with Crippen molar-refractivity contribution in [2.45, 2.75) is 0 Å². The molecule has 0 amide bonds. The van der Waals surface area contributed by atoms with Crippen LogP contribution in [0.4, 0.5) is 0 Å². The molecule has 0 fully saturated rings. The third-order valence-electron chi connectivity index (χ3n) is 10.8. The Balaban J connectivity index is 1.16. The molecule has 0 atom stereocenters. The Morgan fingerprint density at radius 2 is 0.800 bits per heavy atom. The maximum Gasteiger partial charge on any atom is 0.164 e. The van der Waals surface area contributed by atoms with Gasteiger partial charge in [-0.1, -0.05) is 170 Å². The third-order valence-corrected chi connectivity index (χ3v) is 10.8. The zero-order valence-corrected chi connectivity index (χ0v) is 29.6. The fraction of sp³-hybridized carbons (Fsp3) is 0. The smallest absolute Gasteiger partial charge is 0.164 e. The Morgan fingerprint density at radius 3 is 1.55 bits per heavy atom. The number of hydrogen-bond donors (Lipinski definition) is 0. The van der Waals surface area contributed by atoms with Crippen LogP contribution in [0.5, 0.6) is 0 Å². The van der Waals surface area contributed by atoms with Gasteiger partial charge in [0.2, 0.25) is 0 Å². The van der Waals surface area contributed by atoms with Gasteiger partial charge in [0.05, 0.1) is 0 Å². The van der Waals surface area contributed by atoms with Crippen molar-refractivity contribution in [2.75, 3.05) is 0 Å². The summed E-state index contributed by atoms with van der Waals surface area (Å²) >= 11 is 0. The number of furan rings is 1. The molecule has 4 heteroatoms. The van der Waals surface area contributed by atoms with Gasteiger partial charge in [-0.25, -0.2) is 15.0 Å². The van der Waals surface area contributed by atoms with Crippen molar-refractivity contribution in [3.8, 4) is 56.4 Å². The summed E-state index contributed by atoms with van der Waals surface area (Å²) < 4.78 is 6.32. The maximum absolute atomic E-state index is 6.32. The first-order valence-electron chi connectivity index (χ1n) is 18.5. The predicted octanol–water partition coefficient (Wildman–Crippen LogP) is 13.6. The van der Waals surface area contributed by atoms with Gasteiger partial charge in [-0.3, -0.25) is 0 Å². The van der Waals surface area contributed by atoms with Gasteiger partial charge in [0, 0.05) is 27.5 Å². The van der Waals surface area contributed by atoms with Crippen LogP contribution in [0.1, 0.15) is 0 Å². The van der Waals surface area contributed by atoms with E-state index < -0.39 is 0 Å². The molecule has 256 valence electrons. The van der Waals surface area contributed by atoms with Crippen molar-refractivity contribution in [3.05, 3.63) is 188 Å². The minimum atomic E-state index is 0.589. The van der Waals surface area contributed by atoms with Gasteiger partial charge in [0.15, 0.2) is 17.5 Å².